The number of aromatic nitrogens is 1. The normalized spacial score (nSPS) is 21.7. The highest BCUT2D eigenvalue weighted by atomic mass is 79.9. The van der Waals surface area contributed by atoms with Crippen LogP contribution < -0.4 is 16.0 Å². The minimum absolute atomic E-state index is 0.0888. The highest BCUT2D eigenvalue weighted by Gasteiger charge is 2.34. The molecule has 198 valence electrons. The number of ether oxygens (including phenoxy) is 2. The van der Waals surface area contributed by atoms with Gasteiger partial charge < -0.3 is 30.3 Å². The average Bonchev–Trinajstić information content (AvgIpc) is 2.89. The van der Waals surface area contributed by atoms with E-state index in [0.717, 1.165) is 0 Å². The molecule has 3 N–H and O–H groups in total. The van der Waals surface area contributed by atoms with Crippen molar-refractivity contribution in [1.82, 2.24) is 15.2 Å². The number of halogens is 1. The molecule has 0 bridgehead atoms. The number of carbonyl (C=O) groups excluding carboxylic acids is 2. The summed E-state index contributed by atoms with van der Waals surface area (Å²) in [6.45, 7) is 3.63. The van der Waals surface area contributed by atoms with Crippen LogP contribution in [0.3, 0.4) is 0 Å². The number of benzene rings is 1. The fourth-order valence-corrected chi connectivity index (χ4v) is 4.87. The van der Waals surface area contributed by atoms with E-state index >= 15 is 0 Å². The van der Waals surface area contributed by atoms with Gasteiger partial charge in [0.1, 0.15) is 5.69 Å². The van der Waals surface area contributed by atoms with E-state index in [0.29, 0.717) is 48.4 Å². The largest absolute Gasteiger partial charge is 0.387 e. The summed E-state index contributed by atoms with van der Waals surface area (Å²) in [5, 5.41) is 21.1. The summed E-state index contributed by atoms with van der Waals surface area (Å²) >= 11 is 3.31. The highest BCUT2D eigenvalue weighted by molar-refractivity contribution is 9.10. The molecule has 3 atom stereocenters. The van der Waals surface area contributed by atoms with E-state index in [9.17, 15) is 19.7 Å². The molecule has 0 saturated carbocycles. The van der Waals surface area contributed by atoms with Gasteiger partial charge in [-0.3, -0.25) is 24.7 Å². The lowest BCUT2D eigenvalue weighted by Crippen LogP contribution is -2.52. The molecular formula is C24H29BrN6O6. The Hall–Kier alpha value is -3.29. The van der Waals surface area contributed by atoms with Crippen molar-refractivity contribution in [2.24, 2.45) is 0 Å². The minimum Gasteiger partial charge on any atom is -0.387 e. The molecule has 0 radical (unpaired) electrons. The number of hydrogen-bond donors (Lipinski definition) is 3. The lowest BCUT2D eigenvalue weighted by Gasteiger charge is -2.35. The summed E-state index contributed by atoms with van der Waals surface area (Å²) in [7, 11) is 1.73. The van der Waals surface area contributed by atoms with Crippen molar-refractivity contribution in [3.05, 3.63) is 56.3 Å². The SMILES string of the molecule is CNc1cncc(C(=O)N[C@H]2CCOC[C@H]2Nc2c(C(=O)N3CCO[C@@H](C)C3)cc(Br)cc2[N+](=O)[O-])c1. The zero-order chi connectivity index (χ0) is 26.5. The van der Waals surface area contributed by atoms with Crippen LogP contribution >= 0.6 is 15.9 Å². The van der Waals surface area contributed by atoms with Crippen LogP contribution in [0.15, 0.2) is 35.1 Å². The summed E-state index contributed by atoms with van der Waals surface area (Å²) < 4.78 is 11.6. The molecule has 1 aromatic carbocycles. The number of amides is 2. The van der Waals surface area contributed by atoms with Crippen molar-refractivity contribution in [2.45, 2.75) is 31.5 Å². The number of carbonyl (C=O) groups is 2. The molecule has 3 heterocycles. The molecule has 0 aliphatic carbocycles. The van der Waals surface area contributed by atoms with Gasteiger partial charge in [-0.2, -0.15) is 0 Å². The second-order valence-corrected chi connectivity index (χ2v) is 9.86. The second-order valence-electron chi connectivity index (χ2n) is 8.94. The molecule has 37 heavy (non-hydrogen) atoms. The highest BCUT2D eigenvalue weighted by Crippen LogP contribution is 2.35. The van der Waals surface area contributed by atoms with Gasteiger partial charge in [-0.05, 0) is 25.5 Å². The van der Waals surface area contributed by atoms with Crippen LogP contribution in [0.4, 0.5) is 17.1 Å². The van der Waals surface area contributed by atoms with Crippen LogP contribution in [0.1, 0.15) is 34.1 Å². The van der Waals surface area contributed by atoms with Crippen molar-refractivity contribution >= 4 is 44.8 Å². The van der Waals surface area contributed by atoms with E-state index in [1.807, 2.05) is 6.92 Å². The maximum atomic E-state index is 13.5. The smallest absolute Gasteiger partial charge is 0.294 e. The van der Waals surface area contributed by atoms with Crippen molar-refractivity contribution in [3.63, 3.8) is 0 Å². The van der Waals surface area contributed by atoms with Gasteiger partial charge in [0.15, 0.2) is 0 Å². The molecule has 12 nitrogen and oxygen atoms in total. The zero-order valence-corrected chi connectivity index (χ0v) is 22.1. The van der Waals surface area contributed by atoms with E-state index in [1.54, 1.807) is 30.3 Å². The first-order chi connectivity index (χ1) is 17.8. The van der Waals surface area contributed by atoms with Crippen LogP contribution in [0.5, 0.6) is 0 Å². The van der Waals surface area contributed by atoms with E-state index < -0.39 is 17.0 Å². The zero-order valence-electron chi connectivity index (χ0n) is 20.5. The summed E-state index contributed by atoms with van der Waals surface area (Å²) in [4.78, 5) is 43.7. The molecule has 2 aromatic rings. The topological polar surface area (TPSA) is 148 Å². The molecule has 1 aromatic heterocycles. The van der Waals surface area contributed by atoms with Crippen LogP contribution in [0, 0.1) is 10.1 Å². The molecule has 2 amide bonds. The third-order valence-corrected chi connectivity index (χ3v) is 6.79. The van der Waals surface area contributed by atoms with Gasteiger partial charge >= 0.3 is 0 Å². The Bertz CT molecular complexity index is 1180. The Morgan fingerprint density at radius 1 is 1.22 bits per heavy atom. The molecule has 0 unspecified atom stereocenters. The number of morpholine rings is 1. The third-order valence-electron chi connectivity index (χ3n) is 6.33. The standard InChI is InChI=1S/C24H29BrN6O6/c1-14-12-30(4-6-37-14)24(33)18-8-16(25)9-21(31(34)35)22(18)28-20-13-36-5-3-19(20)29-23(32)15-7-17(26-2)11-27-10-15/h7-11,14,19-20,26,28H,3-6,12-13H2,1-2H3,(H,29,32)/t14-,19-,20+/m0/s1. The monoisotopic (exact) mass is 576 g/mol. The summed E-state index contributed by atoms with van der Waals surface area (Å²) in [6, 6.07) is 3.68. The Balaban J connectivity index is 1.62. The van der Waals surface area contributed by atoms with E-state index in [-0.39, 0.29) is 41.5 Å². The maximum absolute atomic E-state index is 13.5. The number of hydrogen-bond acceptors (Lipinski definition) is 9. The van der Waals surface area contributed by atoms with Crippen LogP contribution in [0.2, 0.25) is 0 Å². The maximum Gasteiger partial charge on any atom is 0.294 e. The lowest BCUT2D eigenvalue weighted by atomic mass is 10.0. The van der Waals surface area contributed by atoms with Gasteiger partial charge in [0.2, 0.25) is 0 Å². The third kappa shape index (κ3) is 6.35. The summed E-state index contributed by atoms with van der Waals surface area (Å²) in [5.74, 6) is -0.665. The van der Waals surface area contributed by atoms with Gasteiger partial charge in [0.25, 0.3) is 17.5 Å². The predicted molar refractivity (Wildman–Crippen MR) is 140 cm³/mol. The first-order valence-electron chi connectivity index (χ1n) is 11.9. The molecule has 2 aliphatic heterocycles. The fraction of sp³-hybridized carbons (Fsp3) is 0.458. The van der Waals surface area contributed by atoms with Crippen molar-refractivity contribution < 1.29 is 24.0 Å². The Labute approximate surface area is 222 Å². The number of anilines is 2. The van der Waals surface area contributed by atoms with Crippen molar-refractivity contribution in [3.8, 4) is 0 Å². The number of pyridine rings is 1. The van der Waals surface area contributed by atoms with E-state index in [4.69, 9.17) is 9.47 Å². The van der Waals surface area contributed by atoms with Gasteiger partial charge in [-0.25, -0.2) is 0 Å². The molecular weight excluding hydrogens is 548 g/mol. The van der Waals surface area contributed by atoms with E-state index in [2.05, 4.69) is 36.9 Å². The molecule has 0 spiro atoms. The molecule has 2 saturated heterocycles. The second kappa shape index (κ2) is 11.8. The summed E-state index contributed by atoms with van der Waals surface area (Å²) in [5.41, 5.74) is 1.08. The number of nitro benzene ring substituents is 1. The number of nitrogens with zero attached hydrogens (tertiary/aromatic N) is 3. The Morgan fingerprint density at radius 3 is 2.76 bits per heavy atom. The Morgan fingerprint density at radius 2 is 2.03 bits per heavy atom. The van der Waals surface area contributed by atoms with Crippen LogP contribution in [-0.4, -0.2) is 84.8 Å². The lowest BCUT2D eigenvalue weighted by molar-refractivity contribution is -0.384. The number of nitrogens with one attached hydrogen (secondary N) is 3. The minimum atomic E-state index is -0.530. The first-order valence-corrected chi connectivity index (χ1v) is 12.7. The Kier molecular flexibility index (Phi) is 8.56. The van der Waals surface area contributed by atoms with Crippen molar-refractivity contribution in [1.29, 1.82) is 0 Å². The number of rotatable bonds is 7. The molecule has 4 rings (SSSR count). The average molecular weight is 577 g/mol. The van der Waals surface area contributed by atoms with E-state index in [1.165, 1.54) is 12.3 Å². The van der Waals surface area contributed by atoms with Crippen LogP contribution in [-0.2, 0) is 9.47 Å². The molecule has 2 fully saturated rings. The van der Waals surface area contributed by atoms with Crippen LogP contribution in [0.25, 0.3) is 0 Å². The van der Waals surface area contributed by atoms with Gasteiger partial charge in [0, 0.05) is 49.7 Å². The fourth-order valence-electron chi connectivity index (χ4n) is 4.42. The summed E-state index contributed by atoms with van der Waals surface area (Å²) in [6.07, 6.45) is 3.42. The first kappa shape index (κ1) is 26.8. The predicted octanol–water partition coefficient (Wildman–Crippen LogP) is 2.65. The van der Waals surface area contributed by atoms with Gasteiger partial charge in [-0.15, -0.1) is 0 Å². The quantitative estimate of drug-likeness (QED) is 0.334. The molecule has 13 heteroatoms. The van der Waals surface area contributed by atoms with Gasteiger partial charge in [-0.1, -0.05) is 15.9 Å². The molecule has 2 aliphatic rings. The number of nitro groups is 1. The van der Waals surface area contributed by atoms with Crippen molar-refractivity contribution in [2.75, 3.05) is 50.6 Å². The van der Waals surface area contributed by atoms with Gasteiger partial charge in [0.05, 0.1) is 53.1 Å².